The Morgan fingerprint density at radius 1 is 1.14 bits per heavy atom. The number of hydrogen-bond donors (Lipinski definition) is 1. The topological polar surface area (TPSA) is 84.9 Å². The number of methoxy groups -OCH3 is 2. The number of benzene rings is 1. The summed E-state index contributed by atoms with van der Waals surface area (Å²) in [5, 5.41) is 3.08. The number of fused-ring (bicyclic) bond motifs is 1. The number of nitrogens with zero attached hydrogens (tertiary/aromatic N) is 1. The maximum atomic E-state index is 12.6. The van der Waals surface area contributed by atoms with E-state index in [1.807, 2.05) is 12.1 Å². The van der Waals surface area contributed by atoms with Gasteiger partial charge in [-0.3, -0.25) is 4.79 Å². The average Bonchev–Trinajstić information content (AvgIpc) is 3.06. The summed E-state index contributed by atoms with van der Waals surface area (Å²) in [4.78, 5) is 39.2. The van der Waals surface area contributed by atoms with Crippen molar-refractivity contribution in [2.24, 2.45) is 0 Å². The third kappa shape index (κ3) is 4.42. The summed E-state index contributed by atoms with van der Waals surface area (Å²) in [5.41, 5.74) is 3.09. The molecular formula is C21H24N2O5S. The molecule has 29 heavy (non-hydrogen) atoms. The Morgan fingerprint density at radius 2 is 1.86 bits per heavy atom. The monoisotopic (exact) mass is 416 g/mol. The van der Waals surface area contributed by atoms with Crippen LogP contribution in [0, 0.1) is 6.92 Å². The molecule has 1 amide bonds. The van der Waals surface area contributed by atoms with Crippen LogP contribution in [-0.4, -0.2) is 45.2 Å². The summed E-state index contributed by atoms with van der Waals surface area (Å²) in [6.07, 6.45) is 2.36. The number of carbonyl (C=O) groups excluding carboxylic acids is 3. The zero-order valence-electron chi connectivity index (χ0n) is 16.7. The number of aryl methyl sites for hydroxylation is 1. The van der Waals surface area contributed by atoms with Crippen molar-refractivity contribution < 1.29 is 23.9 Å². The minimum absolute atomic E-state index is 0.189. The third-order valence-corrected chi connectivity index (χ3v) is 6.16. The molecule has 3 rings (SSSR count). The van der Waals surface area contributed by atoms with Crippen molar-refractivity contribution in [2.45, 2.75) is 26.2 Å². The second-order valence-electron chi connectivity index (χ2n) is 6.76. The molecule has 0 spiro atoms. The van der Waals surface area contributed by atoms with Gasteiger partial charge >= 0.3 is 11.9 Å². The van der Waals surface area contributed by atoms with Crippen molar-refractivity contribution in [3.05, 3.63) is 45.8 Å². The summed E-state index contributed by atoms with van der Waals surface area (Å²) >= 11 is 1.02. The predicted octanol–water partition coefficient (Wildman–Crippen LogP) is 3.41. The number of amides is 1. The van der Waals surface area contributed by atoms with Crippen LogP contribution in [0.2, 0.25) is 0 Å². The summed E-state index contributed by atoms with van der Waals surface area (Å²) < 4.78 is 9.58. The van der Waals surface area contributed by atoms with Gasteiger partial charge in [0.25, 0.3) is 0 Å². The maximum absolute atomic E-state index is 12.6. The Balaban J connectivity index is 1.72. The van der Waals surface area contributed by atoms with Crippen molar-refractivity contribution in [2.75, 3.05) is 37.5 Å². The Kier molecular flexibility index (Phi) is 6.53. The standard InChI is InChI=1S/C21H24N2O5S/c1-13-17(20(25)27-2)19(29-18(13)21(26)28-3)22-16(24)10-12-23-11-6-8-14-7-4-5-9-15(14)23/h4-5,7,9H,6,8,10-12H2,1-3H3,(H,22,24). The highest BCUT2D eigenvalue weighted by atomic mass is 32.1. The molecule has 7 nitrogen and oxygen atoms in total. The first kappa shape index (κ1) is 20.9. The summed E-state index contributed by atoms with van der Waals surface area (Å²) in [6.45, 7) is 3.11. The first-order valence-corrected chi connectivity index (χ1v) is 10.2. The lowest BCUT2D eigenvalue weighted by molar-refractivity contribution is -0.116. The van der Waals surface area contributed by atoms with Crippen molar-refractivity contribution in [3.63, 3.8) is 0 Å². The van der Waals surface area contributed by atoms with Crippen LogP contribution in [0.4, 0.5) is 10.7 Å². The number of ether oxygens (including phenoxy) is 2. The lowest BCUT2D eigenvalue weighted by Crippen LogP contribution is -2.32. The highest BCUT2D eigenvalue weighted by Gasteiger charge is 2.27. The fourth-order valence-corrected chi connectivity index (χ4v) is 4.64. The van der Waals surface area contributed by atoms with Crippen LogP contribution in [0.5, 0.6) is 0 Å². The first-order chi connectivity index (χ1) is 14.0. The van der Waals surface area contributed by atoms with E-state index in [9.17, 15) is 14.4 Å². The fraction of sp³-hybridized carbons (Fsp3) is 0.381. The Hall–Kier alpha value is -2.87. The van der Waals surface area contributed by atoms with Crippen LogP contribution in [0.1, 0.15) is 44.0 Å². The second-order valence-corrected chi connectivity index (χ2v) is 7.78. The molecule has 1 aliphatic rings. The van der Waals surface area contributed by atoms with Crippen LogP contribution >= 0.6 is 11.3 Å². The Bertz CT molecular complexity index is 937. The van der Waals surface area contributed by atoms with Crippen molar-refractivity contribution in [1.82, 2.24) is 0 Å². The SMILES string of the molecule is COC(=O)c1sc(NC(=O)CCN2CCCc3ccccc32)c(C(=O)OC)c1C. The quantitative estimate of drug-likeness (QED) is 0.727. The van der Waals surface area contributed by atoms with E-state index in [1.54, 1.807) is 6.92 Å². The highest BCUT2D eigenvalue weighted by Crippen LogP contribution is 2.34. The summed E-state index contributed by atoms with van der Waals surface area (Å²) in [7, 11) is 2.53. The second kappa shape index (κ2) is 9.09. The first-order valence-electron chi connectivity index (χ1n) is 9.39. The summed E-state index contributed by atoms with van der Waals surface area (Å²) in [5.74, 6) is -1.38. The molecule has 0 radical (unpaired) electrons. The number of rotatable bonds is 6. The van der Waals surface area contributed by atoms with Gasteiger partial charge in [0.15, 0.2) is 0 Å². The number of esters is 2. The normalized spacial score (nSPS) is 12.9. The van der Waals surface area contributed by atoms with Gasteiger partial charge in [0.2, 0.25) is 5.91 Å². The van der Waals surface area contributed by atoms with Crippen molar-refractivity contribution in [3.8, 4) is 0 Å². The van der Waals surface area contributed by atoms with E-state index in [4.69, 9.17) is 9.47 Å². The van der Waals surface area contributed by atoms with Crippen LogP contribution in [0.3, 0.4) is 0 Å². The van der Waals surface area contributed by atoms with Gasteiger partial charge in [0.05, 0.1) is 19.8 Å². The molecule has 2 heterocycles. The molecule has 1 aliphatic heterocycles. The number of nitrogens with one attached hydrogen (secondary N) is 1. The molecular weight excluding hydrogens is 392 g/mol. The predicted molar refractivity (Wildman–Crippen MR) is 112 cm³/mol. The lowest BCUT2D eigenvalue weighted by Gasteiger charge is -2.31. The molecule has 1 N–H and O–H groups in total. The van der Waals surface area contributed by atoms with E-state index < -0.39 is 11.9 Å². The number of thiophene rings is 1. The van der Waals surface area contributed by atoms with E-state index in [0.29, 0.717) is 17.1 Å². The lowest BCUT2D eigenvalue weighted by atomic mass is 10.0. The van der Waals surface area contributed by atoms with E-state index >= 15 is 0 Å². The number of para-hydroxylation sites is 1. The molecule has 0 atom stereocenters. The molecule has 8 heteroatoms. The van der Waals surface area contributed by atoms with Gasteiger partial charge in [-0.2, -0.15) is 0 Å². The number of carbonyl (C=O) groups is 3. The molecule has 2 aromatic rings. The van der Waals surface area contributed by atoms with Crippen LogP contribution in [-0.2, 0) is 20.7 Å². The smallest absolute Gasteiger partial charge is 0.348 e. The van der Waals surface area contributed by atoms with E-state index in [-0.39, 0.29) is 22.8 Å². The number of anilines is 2. The fourth-order valence-electron chi connectivity index (χ4n) is 3.51. The molecule has 154 valence electrons. The van der Waals surface area contributed by atoms with E-state index in [1.165, 1.54) is 25.5 Å². The Morgan fingerprint density at radius 3 is 2.59 bits per heavy atom. The molecule has 0 aliphatic carbocycles. The molecule has 0 saturated carbocycles. The molecule has 1 aromatic heterocycles. The molecule has 0 fully saturated rings. The maximum Gasteiger partial charge on any atom is 0.348 e. The molecule has 0 unspecified atom stereocenters. The van der Waals surface area contributed by atoms with Gasteiger partial charge in [0.1, 0.15) is 9.88 Å². The van der Waals surface area contributed by atoms with Gasteiger partial charge in [-0.1, -0.05) is 18.2 Å². The minimum atomic E-state index is -0.603. The zero-order valence-corrected chi connectivity index (χ0v) is 17.6. The minimum Gasteiger partial charge on any atom is -0.465 e. The van der Waals surface area contributed by atoms with Crippen molar-refractivity contribution >= 4 is 39.9 Å². The largest absolute Gasteiger partial charge is 0.465 e. The van der Waals surface area contributed by atoms with E-state index in [0.717, 1.165) is 30.7 Å². The van der Waals surface area contributed by atoms with Crippen LogP contribution in [0.25, 0.3) is 0 Å². The van der Waals surface area contributed by atoms with Gasteiger partial charge in [-0.25, -0.2) is 9.59 Å². The number of hydrogen-bond acceptors (Lipinski definition) is 7. The van der Waals surface area contributed by atoms with Crippen molar-refractivity contribution in [1.29, 1.82) is 0 Å². The van der Waals surface area contributed by atoms with Gasteiger partial charge < -0.3 is 19.7 Å². The van der Waals surface area contributed by atoms with Gasteiger partial charge in [-0.15, -0.1) is 11.3 Å². The average molecular weight is 416 g/mol. The summed E-state index contributed by atoms with van der Waals surface area (Å²) in [6, 6.07) is 8.23. The molecule has 1 aromatic carbocycles. The zero-order chi connectivity index (χ0) is 21.0. The van der Waals surface area contributed by atoms with Gasteiger partial charge in [0, 0.05) is 25.2 Å². The molecule has 0 bridgehead atoms. The van der Waals surface area contributed by atoms with E-state index in [2.05, 4.69) is 22.3 Å². The van der Waals surface area contributed by atoms with Crippen LogP contribution < -0.4 is 10.2 Å². The highest BCUT2D eigenvalue weighted by molar-refractivity contribution is 7.18. The molecule has 0 saturated heterocycles. The van der Waals surface area contributed by atoms with Crippen LogP contribution in [0.15, 0.2) is 24.3 Å². The van der Waals surface area contributed by atoms with Gasteiger partial charge in [-0.05, 0) is 37.0 Å². The Labute approximate surface area is 173 Å². The third-order valence-electron chi connectivity index (χ3n) is 4.98.